The molecule has 0 heterocycles. The van der Waals surface area contributed by atoms with Crippen molar-refractivity contribution in [3.05, 3.63) is 65.2 Å². The zero-order valence-corrected chi connectivity index (χ0v) is 11.6. The molecule has 0 aliphatic rings. The quantitative estimate of drug-likeness (QED) is 0.781. The Morgan fingerprint density at radius 2 is 1.50 bits per heavy atom. The van der Waals surface area contributed by atoms with Gasteiger partial charge in [-0.05, 0) is 42.2 Å². The summed E-state index contributed by atoms with van der Waals surface area (Å²) in [6, 6.07) is 14.6. The van der Waals surface area contributed by atoms with Gasteiger partial charge in [0, 0.05) is 5.41 Å². The Balaban J connectivity index is 2.39. The SMILES string of the molecule is Cc1ccccc1C(CO)(CO)Cc1ccc(O)cc1. The molecule has 2 aromatic carbocycles. The molecule has 2 aromatic rings. The fraction of sp³-hybridized carbons (Fsp3) is 0.294. The van der Waals surface area contributed by atoms with Crippen LogP contribution in [0.4, 0.5) is 0 Å². The first-order chi connectivity index (χ1) is 9.61. The van der Waals surface area contributed by atoms with Crippen molar-refractivity contribution in [1.29, 1.82) is 0 Å². The van der Waals surface area contributed by atoms with Crippen molar-refractivity contribution in [2.45, 2.75) is 18.8 Å². The number of aryl methyl sites for hydroxylation is 1. The molecule has 3 heteroatoms. The van der Waals surface area contributed by atoms with Crippen molar-refractivity contribution < 1.29 is 15.3 Å². The van der Waals surface area contributed by atoms with Gasteiger partial charge in [-0.25, -0.2) is 0 Å². The van der Waals surface area contributed by atoms with Gasteiger partial charge in [-0.3, -0.25) is 0 Å². The molecule has 0 saturated heterocycles. The Bertz CT molecular complexity index is 557. The maximum atomic E-state index is 9.86. The van der Waals surface area contributed by atoms with Gasteiger partial charge in [0.15, 0.2) is 0 Å². The standard InChI is InChI=1S/C17H20O3/c1-13-4-2-3-5-16(13)17(11-18,12-19)10-14-6-8-15(20)9-7-14/h2-9,18-20H,10-12H2,1H3. The van der Waals surface area contributed by atoms with Crippen LogP contribution >= 0.6 is 0 Å². The molecule has 0 bridgehead atoms. The highest BCUT2D eigenvalue weighted by molar-refractivity contribution is 5.37. The van der Waals surface area contributed by atoms with Gasteiger partial charge in [0.05, 0.1) is 13.2 Å². The van der Waals surface area contributed by atoms with Crippen LogP contribution in [0.2, 0.25) is 0 Å². The first kappa shape index (κ1) is 14.6. The van der Waals surface area contributed by atoms with E-state index in [2.05, 4.69) is 0 Å². The Hall–Kier alpha value is -1.84. The van der Waals surface area contributed by atoms with E-state index in [0.29, 0.717) is 6.42 Å². The minimum atomic E-state index is -0.706. The molecule has 3 nitrogen and oxygen atoms in total. The molecule has 106 valence electrons. The number of rotatable bonds is 5. The molecular formula is C17H20O3. The molecule has 3 N–H and O–H groups in total. The van der Waals surface area contributed by atoms with Gasteiger partial charge in [-0.1, -0.05) is 36.4 Å². The highest BCUT2D eigenvalue weighted by atomic mass is 16.3. The Kier molecular flexibility index (Phi) is 4.42. The Labute approximate surface area is 119 Å². The monoisotopic (exact) mass is 272 g/mol. The zero-order valence-electron chi connectivity index (χ0n) is 11.6. The second kappa shape index (κ2) is 6.07. The normalized spacial score (nSPS) is 11.6. The summed E-state index contributed by atoms with van der Waals surface area (Å²) in [6.07, 6.45) is 0.519. The van der Waals surface area contributed by atoms with Crippen LogP contribution in [0.5, 0.6) is 5.75 Å². The summed E-state index contributed by atoms with van der Waals surface area (Å²) in [4.78, 5) is 0. The molecule has 0 unspecified atom stereocenters. The molecule has 0 aliphatic carbocycles. The predicted molar refractivity (Wildman–Crippen MR) is 78.8 cm³/mol. The average molecular weight is 272 g/mol. The second-order valence-corrected chi connectivity index (χ2v) is 5.25. The summed E-state index contributed by atoms with van der Waals surface area (Å²) in [5.41, 5.74) is 2.27. The first-order valence-electron chi connectivity index (χ1n) is 6.67. The van der Waals surface area contributed by atoms with Gasteiger partial charge in [0.25, 0.3) is 0 Å². The molecule has 0 fully saturated rings. The van der Waals surface area contributed by atoms with Gasteiger partial charge in [0.2, 0.25) is 0 Å². The van der Waals surface area contributed by atoms with Crippen LogP contribution in [0.1, 0.15) is 16.7 Å². The van der Waals surface area contributed by atoms with E-state index in [1.54, 1.807) is 12.1 Å². The number of phenolic OH excluding ortho intramolecular Hbond substituents is 1. The van der Waals surface area contributed by atoms with Gasteiger partial charge in [-0.2, -0.15) is 0 Å². The summed E-state index contributed by atoms with van der Waals surface area (Å²) in [5.74, 6) is 0.211. The molecule has 0 atom stereocenters. The van der Waals surface area contributed by atoms with Crippen LogP contribution in [0.3, 0.4) is 0 Å². The summed E-state index contributed by atoms with van der Waals surface area (Å²) in [6.45, 7) is 1.72. The molecular weight excluding hydrogens is 252 g/mol. The van der Waals surface area contributed by atoms with Gasteiger partial charge >= 0.3 is 0 Å². The molecule has 20 heavy (non-hydrogen) atoms. The molecule has 0 aromatic heterocycles. The third-order valence-electron chi connectivity index (χ3n) is 3.80. The first-order valence-corrected chi connectivity index (χ1v) is 6.67. The lowest BCUT2D eigenvalue weighted by Crippen LogP contribution is -2.38. The van der Waals surface area contributed by atoms with Gasteiger partial charge in [0.1, 0.15) is 5.75 Å². The summed E-state index contributed by atoms with van der Waals surface area (Å²) >= 11 is 0. The van der Waals surface area contributed by atoms with Crippen molar-refractivity contribution >= 4 is 0 Å². The van der Waals surface area contributed by atoms with Crippen LogP contribution in [0, 0.1) is 6.92 Å². The van der Waals surface area contributed by atoms with E-state index in [9.17, 15) is 15.3 Å². The predicted octanol–water partition coefficient (Wildman–Crippen LogP) is 2.17. The Morgan fingerprint density at radius 1 is 0.900 bits per heavy atom. The van der Waals surface area contributed by atoms with E-state index in [1.807, 2.05) is 43.3 Å². The topological polar surface area (TPSA) is 60.7 Å². The van der Waals surface area contributed by atoms with E-state index in [0.717, 1.165) is 16.7 Å². The van der Waals surface area contributed by atoms with Crippen molar-refractivity contribution in [3.8, 4) is 5.75 Å². The maximum absolute atomic E-state index is 9.86. The summed E-state index contributed by atoms with van der Waals surface area (Å²) in [5, 5.41) is 29.1. The fourth-order valence-corrected chi connectivity index (χ4v) is 2.60. The number of benzene rings is 2. The molecule has 0 aliphatic heterocycles. The molecule has 0 saturated carbocycles. The van der Waals surface area contributed by atoms with E-state index in [-0.39, 0.29) is 19.0 Å². The van der Waals surface area contributed by atoms with Gasteiger partial charge in [-0.15, -0.1) is 0 Å². The van der Waals surface area contributed by atoms with Crippen molar-refractivity contribution in [3.63, 3.8) is 0 Å². The number of phenols is 1. The van der Waals surface area contributed by atoms with Crippen molar-refractivity contribution in [1.82, 2.24) is 0 Å². The van der Waals surface area contributed by atoms with E-state index < -0.39 is 5.41 Å². The van der Waals surface area contributed by atoms with Crippen LogP contribution in [-0.4, -0.2) is 28.5 Å². The summed E-state index contributed by atoms with van der Waals surface area (Å²) < 4.78 is 0. The lowest BCUT2D eigenvalue weighted by Gasteiger charge is -2.32. The van der Waals surface area contributed by atoms with Gasteiger partial charge < -0.3 is 15.3 Å². The third kappa shape index (κ3) is 2.84. The molecule has 0 radical (unpaired) electrons. The van der Waals surface area contributed by atoms with E-state index in [4.69, 9.17) is 0 Å². The van der Waals surface area contributed by atoms with E-state index in [1.165, 1.54) is 0 Å². The smallest absolute Gasteiger partial charge is 0.115 e. The van der Waals surface area contributed by atoms with Crippen LogP contribution in [0.15, 0.2) is 48.5 Å². The number of aliphatic hydroxyl groups is 2. The minimum Gasteiger partial charge on any atom is -0.508 e. The number of hydrogen-bond donors (Lipinski definition) is 3. The largest absolute Gasteiger partial charge is 0.508 e. The van der Waals surface area contributed by atoms with Crippen LogP contribution in [-0.2, 0) is 11.8 Å². The van der Waals surface area contributed by atoms with E-state index >= 15 is 0 Å². The lowest BCUT2D eigenvalue weighted by atomic mass is 9.75. The van der Waals surface area contributed by atoms with Crippen molar-refractivity contribution in [2.75, 3.05) is 13.2 Å². The fourth-order valence-electron chi connectivity index (χ4n) is 2.60. The average Bonchev–Trinajstić information content (AvgIpc) is 2.48. The summed E-state index contributed by atoms with van der Waals surface area (Å²) in [7, 11) is 0. The molecule has 0 spiro atoms. The second-order valence-electron chi connectivity index (χ2n) is 5.25. The Morgan fingerprint density at radius 3 is 2.05 bits per heavy atom. The lowest BCUT2D eigenvalue weighted by molar-refractivity contribution is 0.115. The zero-order chi connectivity index (χ0) is 14.6. The molecule has 0 amide bonds. The number of hydrogen-bond acceptors (Lipinski definition) is 3. The van der Waals surface area contributed by atoms with Crippen LogP contribution < -0.4 is 0 Å². The maximum Gasteiger partial charge on any atom is 0.115 e. The highest BCUT2D eigenvalue weighted by Crippen LogP contribution is 2.30. The van der Waals surface area contributed by atoms with Crippen LogP contribution in [0.25, 0.3) is 0 Å². The number of aromatic hydroxyl groups is 1. The third-order valence-corrected chi connectivity index (χ3v) is 3.80. The highest BCUT2D eigenvalue weighted by Gasteiger charge is 2.32. The minimum absolute atomic E-state index is 0.130. The molecule has 2 rings (SSSR count). The number of aliphatic hydroxyl groups excluding tert-OH is 2. The van der Waals surface area contributed by atoms with Crippen molar-refractivity contribution in [2.24, 2.45) is 0 Å².